The summed E-state index contributed by atoms with van der Waals surface area (Å²) in [6.07, 6.45) is 1.25. The first-order chi connectivity index (χ1) is 13.1. The number of halogens is 1. The molecule has 27 heavy (non-hydrogen) atoms. The molecule has 7 nitrogen and oxygen atoms in total. The van der Waals surface area contributed by atoms with Crippen LogP contribution in [0.2, 0.25) is 5.02 Å². The lowest BCUT2D eigenvalue weighted by Gasteiger charge is -2.25. The Morgan fingerprint density at radius 2 is 1.96 bits per heavy atom. The van der Waals surface area contributed by atoms with Gasteiger partial charge in [0.15, 0.2) is 6.61 Å². The second-order valence-electron chi connectivity index (χ2n) is 6.16. The van der Waals surface area contributed by atoms with Crippen LogP contribution in [0.15, 0.2) is 45.8 Å². The summed E-state index contributed by atoms with van der Waals surface area (Å²) in [5.41, 5.74) is 0.606. The molecular formula is C19H21ClN2O5. The molecule has 2 aromatic rings. The average Bonchev–Trinajstić information content (AvgIpc) is 2.68. The maximum Gasteiger partial charge on any atom is 0.258 e. The highest BCUT2D eigenvalue weighted by Crippen LogP contribution is 2.10. The number of ether oxygens (including phenoxy) is 2. The van der Waals surface area contributed by atoms with E-state index in [2.05, 4.69) is 10.2 Å². The van der Waals surface area contributed by atoms with Crippen LogP contribution in [0, 0.1) is 0 Å². The Hall–Kier alpha value is -2.35. The summed E-state index contributed by atoms with van der Waals surface area (Å²) in [7, 11) is 0. The standard InChI is InChI=1S/C19H21ClN2O5/c20-15-3-1-14(2-4-15)10-21-19(24)13-27-18-12-26-16(9-17(18)23)11-22-5-7-25-8-6-22/h1-4,9,12H,5-8,10-11,13H2,(H,21,24). The van der Waals surface area contributed by atoms with Crippen molar-refractivity contribution >= 4 is 17.5 Å². The third-order valence-electron chi connectivity index (χ3n) is 4.10. The number of nitrogens with zero attached hydrogens (tertiary/aromatic N) is 1. The molecule has 1 aliphatic rings. The van der Waals surface area contributed by atoms with Crippen LogP contribution in [0.4, 0.5) is 0 Å². The van der Waals surface area contributed by atoms with Crippen molar-refractivity contribution < 1.29 is 18.7 Å². The van der Waals surface area contributed by atoms with E-state index in [0.717, 1.165) is 18.7 Å². The van der Waals surface area contributed by atoms with Crippen LogP contribution < -0.4 is 15.5 Å². The molecule has 0 aliphatic carbocycles. The normalized spacial score (nSPS) is 14.7. The highest BCUT2D eigenvalue weighted by atomic mass is 35.5. The Morgan fingerprint density at radius 3 is 2.67 bits per heavy atom. The molecule has 0 spiro atoms. The van der Waals surface area contributed by atoms with E-state index < -0.39 is 0 Å². The predicted octanol–water partition coefficient (Wildman–Crippen LogP) is 1.82. The Balaban J connectivity index is 1.46. The van der Waals surface area contributed by atoms with Crippen molar-refractivity contribution in [1.82, 2.24) is 10.2 Å². The van der Waals surface area contributed by atoms with Crippen LogP contribution in [0.5, 0.6) is 5.75 Å². The van der Waals surface area contributed by atoms with E-state index >= 15 is 0 Å². The van der Waals surface area contributed by atoms with Crippen LogP contribution in [-0.4, -0.2) is 43.7 Å². The fraction of sp³-hybridized carbons (Fsp3) is 0.368. The van der Waals surface area contributed by atoms with E-state index in [1.807, 2.05) is 12.1 Å². The van der Waals surface area contributed by atoms with Crippen LogP contribution >= 0.6 is 11.6 Å². The smallest absolute Gasteiger partial charge is 0.258 e. The van der Waals surface area contributed by atoms with Crippen molar-refractivity contribution in [2.75, 3.05) is 32.9 Å². The number of nitrogens with one attached hydrogen (secondary N) is 1. The first kappa shape index (κ1) is 19.4. The zero-order valence-corrected chi connectivity index (χ0v) is 15.5. The predicted molar refractivity (Wildman–Crippen MR) is 99.9 cm³/mol. The maximum absolute atomic E-state index is 12.1. The number of benzene rings is 1. The maximum atomic E-state index is 12.1. The molecule has 2 heterocycles. The molecule has 144 valence electrons. The number of morpholine rings is 1. The van der Waals surface area contributed by atoms with Crippen molar-refractivity contribution in [3.8, 4) is 5.75 Å². The van der Waals surface area contributed by atoms with Crippen molar-refractivity contribution in [1.29, 1.82) is 0 Å². The Morgan fingerprint density at radius 1 is 1.22 bits per heavy atom. The van der Waals surface area contributed by atoms with E-state index in [-0.39, 0.29) is 23.7 Å². The Labute approximate surface area is 161 Å². The number of rotatable bonds is 7. The summed E-state index contributed by atoms with van der Waals surface area (Å²) >= 11 is 5.82. The molecule has 1 aliphatic heterocycles. The van der Waals surface area contributed by atoms with Gasteiger partial charge >= 0.3 is 0 Å². The minimum atomic E-state index is -0.332. The first-order valence-corrected chi connectivity index (χ1v) is 9.04. The summed E-state index contributed by atoms with van der Waals surface area (Å²) < 4.78 is 16.0. The lowest BCUT2D eigenvalue weighted by atomic mass is 10.2. The van der Waals surface area contributed by atoms with Gasteiger partial charge in [0.2, 0.25) is 11.2 Å². The van der Waals surface area contributed by atoms with Gasteiger partial charge in [0, 0.05) is 30.7 Å². The zero-order chi connectivity index (χ0) is 19.1. The third-order valence-corrected chi connectivity index (χ3v) is 4.35. The van der Waals surface area contributed by atoms with Crippen molar-refractivity contribution in [2.45, 2.75) is 13.1 Å². The molecule has 1 amide bonds. The summed E-state index contributed by atoms with van der Waals surface area (Å²) in [4.78, 5) is 26.2. The molecule has 0 bridgehead atoms. The largest absolute Gasteiger partial charge is 0.477 e. The number of hydrogen-bond donors (Lipinski definition) is 1. The van der Waals surface area contributed by atoms with Crippen LogP contribution in [-0.2, 0) is 22.6 Å². The molecule has 0 unspecified atom stereocenters. The van der Waals surface area contributed by atoms with Gasteiger partial charge in [-0.25, -0.2) is 0 Å². The van der Waals surface area contributed by atoms with Gasteiger partial charge < -0.3 is 19.2 Å². The van der Waals surface area contributed by atoms with E-state index in [4.69, 9.17) is 25.5 Å². The van der Waals surface area contributed by atoms with Gasteiger partial charge in [-0.15, -0.1) is 0 Å². The van der Waals surface area contributed by atoms with Gasteiger partial charge in [0.05, 0.1) is 19.8 Å². The molecule has 3 rings (SSSR count). The van der Waals surface area contributed by atoms with Crippen molar-refractivity contribution in [3.05, 3.63) is 63.2 Å². The molecule has 1 aromatic heterocycles. The monoisotopic (exact) mass is 392 g/mol. The SMILES string of the molecule is O=C(COc1coc(CN2CCOCC2)cc1=O)NCc1ccc(Cl)cc1. The second kappa shape index (κ2) is 9.55. The zero-order valence-electron chi connectivity index (χ0n) is 14.8. The van der Waals surface area contributed by atoms with Gasteiger partial charge in [-0.1, -0.05) is 23.7 Å². The molecule has 0 saturated carbocycles. The van der Waals surface area contributed by atoms with E-state index in [0.29, 0.717) is 37.1 Å². The number of amides is 1. The number of carbonyl (C=O) groups excluding carboxylic acids is 1. The number of hydrogen-bond acceptors (Lipinski definition) is 6. The molecule has 1 N–H and O–H groups in total. The molecule has 1 saturated heterocycles. The Bertz CT molecular complexity index is 816. The lowest BCUT2D eigenvalue weighted by molar-refractivity contribution is -0.123. The molecule has 1 aromatic carbocycles. The summed E-state index contributed by atoms with van der Waals surface area (Å²) in [5, 5.41) is 3.35. The highest BCUT2D eigenvalue weighted by Gasteiger charge is 2.14. The number of carbonyl (C=O) groups is 1. The van der Waals surface area contributed by atoms with Crippen molar-refractivity contribution in [3.63, 3.8) is 0 Å². The molecule has 8 heteroatoms. The molecular weight excluding hydrogens is 372 g/mol. The minimum Gasteiger partial charge on any atom is -0.477 e. The van der Waals surface area contributed by atoms with Crippen LogP contribution in [0.25, 0.3) is 0 Å². The quantitative estimate of drug-likeness (QED) is 0.774. The first-order valence-electron chi connectivity index (χ1n) is 8.66. The fourth-order valence-corrected chi connectivity index (χ4v) is 2.73. The van der Waals surface area contributed by atoms with Gasteiger partial charge in [-0.2, -0.15) is 0 Å². The van der Waals surface area contributed by atoms with Gasteiger partial charge in [-0.05, 0) is 17.7 Å². The summed E-state index contributed by atoms with van der Waals surface area (Å²) in [5.74, 6) is 0.241. The van der Waals surface area contributed by atoms with Gasteiger partial charge in [0.1, 0.15) is 12.0 Å². The summed E-state index contributed by atoms with van der Waals surface area (Å²) in [6, 6.07) is 8.55. The molecule has 0 radical (unpaired) electrons. The van der Waals surface area contributed by atoms with E-state index in [9.17, 15) is 9.59 Å². The van der Waals surface area contributed by atoms with Crippen LogP contribution in [0.1, 0.15) is 11.3 Å². The summed E-state index contributed by atoms with van der Waals surface area (Å²) in [6.45, 7) is 3.59. The Kier molecular flexibility index (Phi) is 6.86. The minimum absolute atomic E-state index is 0.0161. The molecule has 0 atom stereocenters. The topological polar surface area (TPSA) is 81.0 Å². The molecule has 1 fully saturated rings. The highest BCUT2D eigenvalue weighted by molar-refractivity contribution is 6.30. The third kappa shape index (κ3) is 6.09. The van der Waals surface area contributed by atoms with Gasteiger partial charge in [0.25, 0.3) is 5.91 Å². The van der Waals surface area contributed by atoms with Crippen molar-refractivity contribution in [2.24, 2.45) is 0 Å². The fourth-order valence-electron chi connectivity index (χ4n) is 2.60. The van der Waals surface area contributed by atoms with E-state index in [1.165, 1.54) is 12.3 Å². The van der Waals surface area contributed by atoms with Gasteiger partial charge in [-0.3, -0.25) is 14.5 Å². The van der Waals surface area contributed by atoms with E-state index in [1.54, 1.807) is 12.1 Å². The average molecular weight is 393 g/mol. The van der Waals surface area contributed by atoms with Crippen LogP contribution in [0.3, 0.4) is 0 Å². The second-order valence-corrected chi connectivity index (χ2v) is 6.59. The lowest BCUT2D eigenvalue weighted by Crippen LogP contribution is -2.35.